The summed E-state index contributed by atoms with van der Waals surface area (Å²) < 4.78 is 2.05. The molecule has 2 rings (SSSR count). The number of guanidine groups is 1. The Morgan fingerprint density at radius 1 is 1.36 bits per heavy atom. The third-order valence-electron chi connectivity index (χ3n) is 3.26. The first-order chi connectivity index (χ1) is 10.1. The van der Waals surface area contributed by atoms with Crippen molar-refractivity contribution in [1.82, 2.24) is 15.2 Å². The smallest absolute Gasteiger partial charge is 0.191 e. The quantitative estimate of drug-likeness (QED) is 0.433. The molecule has 0 saturated carbocycles. The van der Waals surface area contributed by atoms with Gasteiger partial charge < -0.3 is 15.2 Å². The van der Waals surface area contributed by atoms with Crippen LogP contribution < -0.4 is 10.6 Å². The van der Waals surface area contributed by atoms with Crippen LogP contribution in [-0.2, 0) is 20.0 Å². The number of nitrogens with zero attached hydrogens (tertiary/aromatic N) is 2. The number of aryl methyl sites for hydroxylation is 2. The minimum atomic E-state index is 0. The molecule has 2 aromatic rings. The highest BCUT2D eigenvalue weighted by molar-refractivity contribution is 14.0. The first kappa shape index (κ1) is 19.0. The second kappa shape index (κ2) is 9.19. The molecular weight excluding hydrogens is 407 g/mol. The van der Waals surface area contributed by atoms with E-state index in [1.807, 2.05) is 25.4 Å². The first-order valence-electron chi connectivity index (χ1n) is 7.20. The molecule has 122 valence electrons. The number of hydrogen-bond acceptors (Lipinski definition) is 2. The lowest BCUT2D eigenvalue weighted by Crippen LogP contribution is -2.42. The Morgan fingerprint density at radius 3 is 2.68 bits per heavy atom. The van der Waals surface area contributed by atoms with Crippen LogP contribution in [0.5, 0.6) is 0 Å². The summed E-state index contributed by atoms with van der Waals surface area (Å²) in [5.74, 6) is 0.847. The van der Waals surface area contributed by atoms with E-state index in [0.717, 1.165) is 18.9 Å². The molecule has 0 bridgehead atoms. The van der Waals surface area contributed by atoms with E-state index < -0.39 is 0 Å². The summed E-state index contributed by atoms with van der Waals surface area (Å²) in [5, 5.41) is 6.79. The summed E-state index contributed by atoms with van der Waals surface area (Å²) in [5.41, 5.74) is 1.25. The number of nitrogens with one attached hydrogen (secondary N) is 2. The van der Waals surface area contributed by atoms with Gasteiger partial charge in [0.2, 0.25) is 0 Å². The molecule has 0 radical (unpaired) electrons. The van der Waals surface area contributed by atoms with E-state index in [9.17, 15) is 0 Å². The number of halogens is 1. The highest BCUT2D eigenvalue weighted by Gasteiger charge is 2.08. The van der Waals surface area contributed by atoms with E-state index in [2.05, 4.69) is 64.6 Å². The molecular formula is C16H25IN4S. The normalized spacial score (nSPS) is 12.6. The summed E-state index contributed by atoms with van der Waals surface area (Å²) in [6.45, 7) is 5.11. The van der Waals surface area contributed by atoms with Crippen LogP contribution in [0.1, 0.15) is 22.2 Å². The lowest BCUT2D eigenvalue weighted by molar-refractivity contribution is 0.645. The predicted molar refractivity (Wildman–Crippen MR) is 106 cm³/mol. The number of aliphatic imine (C=N–C) groups is 1. The maximum atomic E-state index is 4.29. The van der Waals surface area contributed by atoms with Crippen molar-refractivity contribution in [3.05, 3.63) is 45.9 Å². The molecule has 0 saturated heterocycles. The van der Waals surface area contributed by atoms with Crippen molar-refractivity contribution in [3.63, 3.8) is 0 Å². The van der Waals surface area contributed by atoms with Crippen LogP contribution in [0.3, 0.4) is 0 Å². The van der Waals surface area contributed by atoms with Crippen LogP contribution in [0.4, 0.5) is 0 Å². The molecule has 2 N–H and O–H groups in total. The maximum absolute atomic E-state index is 4.29. The van der Waals surface area contributed by atoms with E-state index in [1.165, 1.54) is 15.3 Å². The molecule has 2 aromatic heterocycles. The third kappa shape index (κ3) is 6.00. The van der Waals surface area contributed by atoms with Crippen molar-refractivity contribution in [2.75, 3.05) is 7.05 Å². The summed E-state index contributed by atoms with van der Waals surface area (Å²) >= 11 is 1.86. The Hall–Kier alpha value is -1.02. The molecule has 0 aromatic carbocycles. The van der Waals surface area contributed by atoms with Gasteiger partial charge in [-0.2, -0.15) is 0 Å². The third-order valence-corrected chi connectivity index (χ3v) is 4.29. The standard InChI is InChI=1S/C16H24N4S.HI/c1-12(9-15-6-5-13(2)21-15)19-16(17-3)18-10-14-7-8-20(4)11-14;/h5-8,11-12H,9-10H2,1-4H3,(H2,17,18,19);1H. The van der Waals surface area contributed by atoms with Crippen LogP contribution >= 0.6 is 35.3 Å². The lowest BCUT2D eigenvalue weighted by atomic mass is 10.2. The fraction of sp³-hybridized carbons (Fsp3) is 0.438. The van der Waals surface area contributed by atoms with Gasteiger partial charge in [-0.05, 0) is 37.6 Å². The minimum Gasteiger partial charge on any atom is -0.357 e. The Balaban J connectivity index is 0.00000242. The van der Waals surface area contributed by atoms with Crippen molar-refractivity contribution in [2.45, 2.75) is 32.9 Å². The van der Waals surface area contributed by atoms with Crippen LogP contribution in [0.2, 0.25) is 0 Å². The van der Waals surface area contributed by atoms with Crippen LogP contribution in [0.25, 0.3) is 0 Å². The lowest BCUT2D eigenvalue weighted by Gasteiger charge is -2.17. The fourth-order valence-corrected chi connectivity index (χ4v) is 3.25. The van der Waals surface area contributed by atoms with Gasteiger partial charge in [0, 0.05) is 55.3 Å². The van der Waals surface area contributed by atoms with Gasteiger partial charge in [-0.1, -0.05) is 0 Å². The second-order valence-electron chi connectivity index (χ2n) is 5.37. The average Bonchev–Trinajstić information content (AvgIpc) is 3.03. The molecule has 0 amide bonds. The Kier molecular flexibility index (Phi) is 7.95. The Labute approximate surface area is 154 Å². The van der Waals surface area contributed by atoms with Gasteiger partial charge in [-0.25, -0.2) is 0 Å². The zero-order valence-corrected chi connectivity index (χ0v) is 16.7. The summed E-state index contributed by atoms with van der Waals surface area (Å²) in [6.07, 6.45) is 5.18. The van der Waals surface area contributed by atoms with Crippen LogP contribution in [0, 0.1) is 6.92 Å². The van der Waals surface area contributed by atoms with Crippen LogP contribution in [0.15, 0.2) is 35.6 Å². The fourth-order valence-electron chi connectivity index (χ4n) is 2.23. The minimum absolute atomic E-state index is 0. The van der Waals surface area contributed by atoms with Gasteiger partial charge in [-0.15, -0.1) is 35.3 Å². The highest BCUT2D eigenvalue weighted by Crippen LogP contribution is 2.16. The number of thiophene rings is 1. The molecule has 0 spiro atoms. The maximum Gasteiger partial charge on any atom is 0.191 e. The van der Waals surface area contributed by atoms with Crippen molar-refractivity contribution in [1.29, 1.82) is 0 Å². The van der Waals surface area contributed by atoms with Crippen molar-refractivity contribution >= 4 is 41.3 Å². The van der Waals surface area contributed by atoms with E-state index in [0.29, 0.717) is 6.04 Å². The molecule has 2 heterocycles. The Bertz CT molecular complexity index is 603. The van der Waals surface area contributed by atoms with Gasteiger partial charge in [0.05, 0.1) is 0 Å². The summed E-state index contributed by atoms with van der Waals surface area (Å²) in [4.78, 5) is 7.06. The van der Waals surface area contributed by atoms with Crippen LogP contribution in [-0.4, -0.2) is 23.6 Å². The summed E-state index contributed by atoms with van der Waals surface area (Å²) in [6, 6.07) is 6.84. The molecule has 6 heteroatoms. The molecule has 0 aliphatic carbocycles. The van der Waals surface area contributed by atoms with E-state index >= 15 is 0 Å². The van der Waals surface area contributed by atoms with Gasteiger partial charge >= 0.3 is 0 Å². The molecule has 1 atom stereocenters. The largest absolute Gasteiger partial charge is 0.357 e. The zero-order valence-electron chi connectivity index (χ0n) is 13.6. The number of hydrogen-bond donors (Lipinski definition) is 2. The average molecular weight is 432 g/mol. The predicted octanol–water partition coefficient (Wildman–Crippen LogP) is 3.31. The second-order valence-corrected chi connectivity index (χ2v) is 6.75. The van der Waals surface area contributed by atoms with Crippen molar-refractivity contribution in [2.24, 2.45) is 12.0 Å². The van der Waals surface area contributed by atoms with E-state index in [1.54, 1.807) is 0 Å². The number of rotatable bonds is 5. The topological polar surface area (TPSA) is 41.4 Å². The van der Waals surface area contributed by atoms with Gasteiger partial charge in [0.25, 0.3) is 0 Å². The molecule has 1 unspecified atom stereocenters. The van der Waals surface area contributed by atoms with Gasteiger partial charge in [-0.3, -0.25) is 4.99 Å². The Morgan fingerprint density at radius 2 is 2.14 bits per heavy atom. The van der Waals surface area contributed by atoms with Crippen molar-refractivity contribution in [3.8, 4) is 0 Å². The van der Waals surface area contributed by atoms with Crippen molar-refractivity contribution < 1.29 is 0 Å². The molecule has 0 fully saturated rings. The number of aromatic nitrogens is 1. The zero-order chi connectivity index (χ0) is 15.2. The highest BCUT2D eigenvalue weighted by atomic mass is 127. The summed E-state index contributed by atoms with van der Waals surface area (Å²) in [7, 11) is 3.84. The molecule has 0 aliphatic heterocycles. The molecule has 0 aliphatic rings. The van der Waals surface area contributed by atoms with E-state index in [-0.39, 0.29) is 24.0 Å². The molecule has 4 nitrogen and oxygen atoms in total. The van der Waals surface area contributed by atoms with Gasteiger partial charge in [0.1, 0.15) is 0 Å². The first-order valence-corrected chi connectivity index (χ1v) is 8.02. The van der Waals surface area contributed by atoms with E-state index in [4.69, 9.17) is 0 Å². The van der Waals surface area contributed by atoms with Gasteiger partial charge in [0.15, 0.2) is 5.96 Å². The SMILES string of the molecule is CN=C(NCc1ccn(C)c1)NC(C)Cc1ccc(C)s1.I. The monoisotopic (exact) mass is 432 g/mol. The molecule has 22 heavy (non-hydrogen) atoms.